The minimum absolute atomic E-state index is 0.340. The fraction of sp³-hybridized carbons (Fsp3) is 0.474. The van der Waals surface area contributed by atoms with Gasteiger partial charge in [0.1, 0.15) is 18.0 Å². The molecule has 0 amide bonds. The van der Waals surface area contributed by atoms with Gasteiger partial charge >= 0.3 is 0 Å². The summed E-state index contributed by atoms with van der Waals surface area (Å²) in [6.45, 7) is 13.1. The van der Waals surface area contributed by atoms with Crippen LogP contribution in [0.2, 0.25) is 0 Å². The van der Waals surface area contributed by atoms with Gasteiger partial charge < -0.3 is 10.6 Å². The maximum absolute atomic E-state index is 4.38. The number of hydrogen-bond donors (Lipinski definition) is 2. The molecule has 1 heterocycles. The maximum atomic E-state index is 4.38. The van der Waals surface area contributed by atoms with E-state index in [1.807, 2.05) is 6.07 Å². The molecule has 0 fully saturated rings. The summed E-state index contributed by atoms with van der Waals surface area (Å²) in [5.41, 5.74) is 3.80. The van der Waals surface area contributed by atoms with Crippen molar-refractivity contribution in [3.8, 4) is 0 Å². The second-order valence-corrected chi connectivity index (χ2v) is 6.83. The van der Waals surface area contributed by atoms with E-state index < -0.39 is 0 Å². The van der Waals surface area contributed by atoms with E-state index >= 15 is 0 Å². The highest BCUT2D eigenvalue weighted by Gasteiger charge is 2.14. The Morgan fingerprint density at radius 2 is 1.39 bits per heavy atom. The fourth-order valence-electron chi connectivity index (χ4n) is 2.62. The largest absolute Gasteiger partial charge is 0.368 e. The van der Waals surface area contributed by atoms with Crippen LogP contribution in [0.4, 0.5) is 17.3 Å². The number of hydrogen-bond acceptors (Lipinski definition) is 4. The first kappa shape index (κ1) is 17.3. The maximum Gasteiger partial charge on any atom is 0.135 e. The zero-order valence-electron chi connectivity index (χ0n) is 15.0. The molecule has 0 aliphatic rings. The molecule has 2 rings (SSSR count). The van der Waals surface area contributed by atoms with Crippen LogP contribution in [-0.4, -0.2) is 16.0 Å². The van der Waals surface area contributed by atoms with Crippen LogP contribution < -0.4 is 10.6 Å². The summed E-state index contributed by atoms with van der Waals surface area (Å²) in [6.07, 6.45) is 1.60. The van der Waals surface area contributed by atoms with Crippen molar-refractivity contribution in [2.45, 2.75) is 59.4 Å². The van der Waals surface area contributed by atoms with E-state index in [9.17, 15) is 0 Å². The van der Waals surface area contributed by atoms with Gasteiger partial charge in [-0.15, -0.1) is 0 Å². The molecule has 4 heteroatoms. The van der Waals surface area contributed by atoms with Gasteiger partial charge in [-0.3, -0.25) is 0 Å². The highest BCUT2D eigenvalue weighted by atomic mass is 15.1. The van der Waals surface area contributed by atoms with Crippen LogP contribution in [-0.2, 0) is 0 Å². The standard InChI is InChI=1S/C19H28N4/c1-12(2)15-8-7-9-16(13(3)4)19(15)23-18-10-17(20-11-21-18)22-14(5)6/h7-14H,1-6H3,(H2,20,21,22,23). The van der Waals surface area contributed by atoms with E-state index in [0.717, 1.165) is 11.6 Å². The number of nitrogens with one attached hydrogen (secondary N) is 2. The Kier molecular flexibility index (Phi) is 5.59. The molecule has 0 spiro atoms. The van der Waals surface area contributed by atoms with Crippen molar-refractivity contribution in [2.75, 3.05) is 10.6 Å². The second-order valence-electron chi connectivity index (χ2n) is 6.83. The van der Waals surface area contributed by atoms with E-state index in [1.165, 1.54) is 16.8 Å². The molecule has 0 saturated carbocycles. The second kappa shape index (κ2) is 7.44. The Labute approximate surface area is 139 Å². The molecule has 2 N–H and O–H groups in total. The lowest BCUT2D eigenvalue weighted by molar-refractivity contribution is 0.837. The van der Waals surface area contributed by atoms with Crippen LogP contribution in [0.5, 0.6) is 0 Å². The predicted octanol–water partition coefficient (Wildman–Crippen LogP) is 5.29. The monoisotopic (exact) mass is 312 g/mol. The minimum atomic E-state index is 0.340. The lowest BCUT2D eigenvalue weighted by Gasteiger charge is -2.20. The highest BCUT2D eigenvalue weighted by molar-refractivity contribution is 5.67. The third kappa shape index (κ3) is 4.44. The molecule has 0 unspecified atom stereocenters. The first-order chi connectivity index (χ1) is 10.9. The van der Waals surface area contributed by atoms with E-state index in [2.05, 4.69) is 80.3 Å². The zero-order valence-corrected chi connectivity index (χ0v) is 15.0. The molecule has 0 atom stereocenters. The summed E-state index contributed by atoms with van der Waals surface area (Å²) < 4.78 is 0. The van der Waals surface area contributed by atoms with Crippen LogP contribution in [0.3, 0.4) is 0 Å². The van der Waals surface area contributed by atoms with Gasteiger partial charge in [0.15, 0.2) is 0 Å². The summed E-state index contributed by atoms with van der Waals surface area (Å²) in [6, 6.07) is 8.82. The van der Waals surface area contributed by atoms with Gasteiger partial charge in [0.25, 0.3) is 0 Å². The van der Waals surface area contributed by atoms with E-state index in [0.29, 0.717) is 17.9 Å². The number of benzene rings is 1. The van der Waals surface area contributed by atoms with Crippen molar-refractivity contribution in [2.24, 2.45) is 0 Å². The Morgan fingerprint density at radius 1 is 0.826 bits per heavy atom. The number of nitrogens with zero attached hydrogens (tertiary/aromatic N) is 2. The fourth-order valence-corrected chi connectivity index (χ4v) is 2.62. The lowest BCUT2D eigenvalue weighted by Crippen LogP contribution is -2.11. The molecular formula is C19H28N4. The third-order valence-electron chi connectivity index (χ3n) is 3.73. The molecule has 4 nitrogen and oxygen atoms in total. The first-order valence-corrected chi connectivity index (χ1v) is 8.37. The molecule has 0 aliphatic heterocycles. The van der Waals surface area contributed by atoms with Gasteiger partial charge in [0.05, 0.1) is 0 Å². The molecule has 0 radical (unpaired) electrons. The van der Waals surface area contributed by atoms with Crippen LogP contribution in [0.15, 0.2) is 30.6 Å². The molecule has 0 saturated heterocycles. The number of rotatable bonds is 6. The van der Waals surface area contributed by atoms with Crippen molar-refractivity contribution >= 4 is 17.3 Å². The third-order valence-corrected chi connectivity index (χ3v) is 3.73. The lowest BCUT2D eigenvalue weighted by atomic mass is 9.92. The number of aromatic nitrogens is 2. The topological polar surface area (TPSA) is 49.8 Å². The minimum Gasteiger partial charge on any atom is -0.368 e. The highest BCUT2D eigenvalue weighted by Crippen LogP contribution is 2.34. The Morgan fingerprint density at radius 3 is 1.91 bits per heavy atom. The summed E-state index contributed by atoms with van der Waals surface area (Å²) in [5.74, 6) is 2.56. The SMILES string of the molecule is CC(C)Nc1cc(Nc2c(C(C)C)cccc2C(C)C)ncn1. The van der Waals surface area contributed by atoms with Gasteiger partial charge in [-0.2, -0.15) is 0 Å². The van der Waals surface area contributed by atoms with Gasteiger partial charge in [-0.25, -0.2) is 9.97 Å². The molecular weight excluding hydrogens is 284 g/mol. The molecule has 0 aliphatic carbocycles. The summed E-state index contributed by atoms with van der Waals surface area (Å²) >= 11 is 0. The molecule has 124 valence electrons. The molecule has 1 aromatic carbocycles. The Bertz CT molecular complexity index is 621. The molecule has 2 aromatic rings. The normalized spacial score (nSPS) is 11.3. The summed E-state index contributed by atoms with van der Waals surface area (Å²) in [5, 5.41) is 6.84. The molecule has 0 bridgehead atoms. The van der Waals surface area contributed by atoms with Crippen LogP contribution in [0, 0.1) is 0 Å². The van der Waals surface area contributed by atoms with E-state index in [-0.39, 0.29) is 0 Å². The van der Waals surface area contributed by atoms with Crippen molar-refractivity contribution < 1.29 is 0 Å². The summed E-state index contributed by atoms with van der Waals surface area (Å²) in [4.78, 5) is 8.65. The zero-order chi connectivity index (χ0) is 17.0. The summed E-state index contributed by atoms with van der Waals surface area (Å²) in [7, 11) is 0. The first-order valence-electron chi connectivity index (χ1n) is 8.37. The molecule has 23 heavy (non-hydrogen) atoms. The van der Waals surface area contributed by atoms with E-state index in [4.69, 9.17) is 0 Å². The average molecular weight is 312 g/mol. The van der Waals surface area contributed by atoms with E-state index in [1.54, 1.807) is 6.33 Å². The predicted molar refractivity (Wildman–Crippen MR) is 98.7 cm³/mol. The number of anilines is 3. The van der Waals surface area contributed by atoms with Gasteiger partial charge in [-0.1, -0.05) is 45.9 Å². The molecule has 1 aromatic heterocycles. The van der Waals surface area contributed by atoms with Crippen molar-refractivity contribution in [1.29, 1.82) is 0 Å². The van der Waals surface area contributed by atoms with Gasteiger partial charge in [-0.05, 0) is 36.8 Å². The van der Waals surface area contributed by atoms with Crippen molar-refractivity contribution in [1.82, 2.24) is 9.97 Å². The smallest absolute Gasteiger partial charge is 0.135 e. The van der Waals surface area contributed by atoms with Gasteiger partial charge in [0.2, 0.25) is 0 Å². The number of para-hydroxylation sites is 1. The quantitative estimate of drug-likeness (QED) is 0.761. The van der Waals surface area contributed by atoms with Crippen LogP contribution in [0.1, 0.15) is 64.5 Å². The van der Waals surface area contributed by atoms with Gasteiger partial charge in [0, 0.05) is 17.8 Å². The van der Waals surface area contributed by atoms with Crippen LogP contribution in [0.25, 0.3) is 0 Å². The Hall–Kier alpha value is -2.10. The van der Waals surface area contributed by atoms with Crippen molar-refractivity contribution in [3.63, 3.8) is 0 Å². The average Bonchev–Trinajstić information content (AvgIpc) is 2.46. The van der Waals surface area contributed by atoms with Crippen LogP contribution >= 0.6 is 0 Å². The van der Waals surface area contributed by atoms with Crippen molar-refractivity contribution in [3.05, 3.63) is 41.7 Å². The Balaban J connectivity index is 2.39.